The first kappa shape index (κ1) is 17.7. The number of benzene rings is 1. The molecule has 0 aliphatic rings. The van der Waals surface area contributed by atoms with Crippen molar-refractivity contribution in [3.63, 3.8) is 0 Å². The molecular weight excluding hydrogens is 313 g/mol. The van der Waals surface area contributed by atoms with Crippen LogP contribution in [0.25, 0.3) is 0 Å². The van der Waals surface area contributed by atoms with Gasteiger partial charge in [-0.25, -0.2) is 4.39 Å². The summed E-state index contributed by atoms with van der Waals surface area (Å²) in [5.74, 6) is 1.86. The molecule has 0 bridgehead atoms. The molecule has 1 unspecified atom stereocenters. The number of halogens is 1. The van der Waals surface area contributed by atoms with E-state index >= 15 is 0 Å². The Balaban J connectivity index is 1.81. The van der Waals surface area contributed by atoms with Crippen molar-refractivity contribution in [2.75, 3.05) is 13.6 Å². The van der Waals surface area contributed by atoms with E-state index in [-0.39, 0.29) is 11.9 Å². The van der Waals surface area contributed by atoms with Crippen molar-refractivity contribution in [1.82, 2.24) is 20.8 Å². The summed E-state index contributed by atoms with van der Waals surface area (Å²) in [6.07, 6.45) is 0.655. The van der Waals surface area contributed by atoms with Gasteiger partial charge in [-0.05, 0) is 18.6 Å². The van der Waals surface area contributed by atoms with Gasteiger partial charge in [0.2, 0.25) is 5.89 Å². The smallest absolute Gasteiger partial charge is 0.223 e. The molecule has 7 nitrogen and oxygen atoms in total. The summed E-state index contributed by atoms with van der Waals surface area (Å²) in [5, 5.41) is 10.1. The maximum absolute atomic E-state index is 13.2. The van der Waals surface area contributed by atoms with Crippen LogP contribution in [0.1, 0.15) is 25.1 Å². The van der Waals surface area contributed by atoms with E-state index in [0.29, 0.717) is 36.5 Å². The van der Waals surface area contributed by atoms with Crippen LogP contribution in [0.4, 0.5) is 4.39 Å². The number of nitrogens with zero attached hydrogens (tertiary/aromatic N) is 3. The zero-order chi connectivity index (χ0) is 17.4. The molecule has 0 aliphatic heterocycles. The summed E-state index contributed by atoms with van der Waals surface area (Å²) in [6.45, 7) is 4.67. The zero-order valence-corrected chi connectivity index (χ0v) is 14.0. The molecule has 1 heterocycles. The Bertz CT molecular complexity index is 674. The van der Waals surface area contributed by atoms with Crippen LogP contribution in [0.2, 0.25) is 0 Å². The lowest BCUT2D eigenvalue weighted by atomic mass is 10.2. The standard InChI is InChI=1S/C16H22FN5O2/c1-4-13(23-14-7-5-6-12(17)8-14)9-19-16(18-3)20-10-15-21-11(2)24-22-15/h5-8,13H,4,9-10H2,1-3H3,(H2,18,19,20). The van der Waals surface area contributed by atoms with E-state index in [9.17, 15) is 4.39 Å². The first-order valence-electron chi connectivity index (χ1n) is 7.76. The summed E-state index contributed by atoms with van der Waals surface area (Å²) < 4.78 is 23.9. The molecule has 0 aliphatic carbocycles. The topological polar surface area (TPSA) is 84.6 Å². The first-order valence-corrected chi connectivity index (χ1v) is 7.76. The number of aromatic nitrogens is 2. The van der Waals surface area contributed by atoms with E-state index in [0.717, 1.165) is 6.42 Å². The van der Waals surface area contributed by atoms with Crippen LogP contribution < -0.4 is 15.4 Å². The van der Waals surface area contributed by atoms with Crippen molar-refractivity contribution in [1.29, 1.82) is 0 Å². The molecule has 0 spiro atoms. The van der Waals surface area contributed by atoms with Crippen LogP contribution >= 0.6 is 0 Å². The maximum Gasteiger partial charge on any atom is 0.223 e. The summed E-state index contributed by atoms with van der Waals surface area (Å²) in [6, 6.07) is 6.11. The second-order valence-corrected chi connectivity index (χ2v) is 5.14. The fraction of sp³-hybridized carbons (Fsp3) is 0.438. The molecule has 2 N–H and O–H groups in total. The number of guanidine groups is 1. The number of ether oxygens (including phenoxy) is 1. The van der Waals surface area contributed by atoms with Gasteiger partial charge in [-0.3, -0.25) is 4.99 Å². The lowest BCUT2D eigenvalue weighted by Crippen LogP contribution is -2.42. The fourth-order valence-corrected chi connectivity index (χ4v) is 2.01. The molecule has 0 fully saturated rings. The van der Waals surface area contributed by atoms with Crippen molar-refractivity contribution >= 4 is 5.96 Å². The third-order valence-electron chi connectivity index (χ3n) is 3.26. The predicted molar refractivity (Wildman–Crippen MR) is 88.3 cm³/mol. The Morgan fingerprint density at radius 2 is 2.25 bits per heavy atom. The van der Waals surface area contributed by atoms with Gasteiger partial charge < -0.3 is 19.9 Å². The Labute approximate surface area is 140 Å². The van der Waals surface area contributed by atoms with Gasteiger partial charge in [-0.1, -0.05) is 18.1 Å². The van der Waals surface area contributed by atoms with Crippen LogP contribution in [-0.4, -0.2) is 35.8 Å². The highest BCUT2D eigenvalue weighted by atomic mass is 19.1. The summed E-state index contributed by atoms with van der Waals surface area (Å²) in [4.78, 5) is 8.24. The highest BCUT2D eigenvalue weighted by Gasteiger charge is 2.10. The van der Waals surface area contributed by atoms with Gasteiger partial charge >= 0.3 is 0 Å². The number of aliphatic imine (C=N–C) groups is 1. The molecule has 1 aromatic carbocycles. The first-order chi connectivity index (χ1) is 11.6. The Morgan fingerprint density at radius 1 is 1.42 bits per heavy atom. The molecular formula is C16H22FN5O2. The van der Waals surface area contributed by atoms with Crippen molar-refractivity contribution in [2.24, 2.45) is 4.99 Å². The van der Waals surface area contributed by atoms with E-state index < -0.39 is 0 Å². The highest BCUT2D eigenvalue weighted by molar-refractivity contribution is 5.79. The summed E-state index contributed by atoms with van der Waals surface area (Å²) in [7, 11) is 1.67. The number of nitrogens with one attached hydrogen (secondary N) is 2. The van der Waals surface area contributed by atoms with Crippen molar-refractivity contribution in [2.45, 2.75) is 32.9 Å². The van der Waals surface area contributed by atoms with Gasteiger partial charge in [0.15, 0.2) is 11.8 Å². The van der Waals surface area contributed by atoms with Gasteiger partial charge in [-0.15, -0.1) is 0 Å². The lowest BCUT2D eigenvalue weighted by molar-refractivity contribution is 0.198. The SMILES string of the molecule is CCC(CNC(=NC)NCc1noc(C)n1)Oc1cccc(F)c1. The Morgan fingerprint density at radius 3 is 2.88 bits per heavy atom. The zero-order valence-electron chi connectivity index (χ0n) is 14.0. The molecule has 2 rings (SSSR count). The molecule has 0 amide bonds. The van der Waals surface area contributed by atoms with Gasteiger partial charge in [0.1, 0.15) is 17.7 Å². The van der Waals surface area contributed by atoms with E-state index in [1.165, 1.54) is 12.1 Å². The normalized spacial score (nSPS) is 12.8. The van der Waals surface area contributed by atoms with E-state index in [4.69, 9.17) is 9.26 Å². The average Bonchev–Trinajstić information content (AvgIpc) is 2.99. The number of hydrogen-bond donors (Lipinski definition) is 2. The monoisotopic (exact) mass is 335 g/mol. The van der Waals surface area contributed by atoms with E-state index in [1.54, 1.807) is 26.1 Å². The quantitative estimate of drug-likeness (QED) is 0.595. The van der Waals surface area contributed by atoms with Crippen molar-refractivity contribution < 1.29 is 13.7 Å². The summed E-state index contributed by atoms with van der Waals surface area (Å²) in [5.41, 5.74) is 0. The average molecular weight is 335 g/mol. The van der Waals surface area contributed by atoms with Crippen molar-refractivity contribution in [3.8, 4) is 5.75 Å². The van der Waals surface area contributed by atoms with Crippen LogP contribution in [-0.2, 0) is 6.54 Å². The predicted octanol–water partition coefficient (Wildman–Crippen LogP) is 2.04. The number of aryl methyl sites for hydroxylation is 1. The molecule has 130 valence electrons. The molecule has 8 heteroatoms. The van der Waals surface area contributed by atoms with E-state index in [2.05, 4.69) is 25.8 Å². The van der Waals surface area contributed by atoms with Crippen LogP contribution in [0, 0.1) is 12.7 Å². The van der Waals surface area contributed by atoms with Crippen LogP contribution in [0.15, 0.2) is 33.8 Å². The Kier molecular flexibility index (Phi) is 6.53. The maximum atomic E-state index is 13.2. The molecule has 1 atom stereocenters. The molecule has 24 heavy (non-hydrogen) atoms. The lowest BCUT2D eigenvalue weighted by Gasteiger charge is -2.19. The van der Waals surface area contributed by atoms with Gasteiger partial charge in [-0.2, -0.15) is 4.98 Å². The van der Waals surface area contributed by atoms with E-state index in [1.807, 2.05) is 6.92 Å². The molecule has 0 saturated heterocycles. The van der Waals surface area contributed by atoms with Crippen LogP contribution in [0.3, 0.4) is 0 Å². The molecule has 0 saturated carbocycles. The minimum absolute atomic E-state index is 0.113. The van der Waals surface area contributed by atoms with Crippen LogP contribution in [0.5, 0.6) is 5.75 Å². The van der Waals surface area contributed by atoms with Crippen molar-refractivity contribution in [3.05, 3.63) is 41.8 Å². The third-order valence-corrected chi connectivity index (χ3v) is 3.26. The van der Waals surface area contributed by atoms with Gasteiger partial charge in [0.05, 0.1) is 13.1 Å². The minimum Gasteiger partial charge on any atom is -0.489 e. The second-order valence-electron chi connectivity index (χ2n) is 5.14. The van der Waals surface area contributed by atoms with Gasteiger partial charge in [0.25, 0.3) is 0 Å². The number of rotatable bonds is 7. The minimum atomic E-state index is -0.316. The number of hydrogen-bond acceptors (Lipinski definition) is 5. The second kappa shape index (κ2) is 8.85. The molecule has 0 radical (unpaired) electrons. The Hall–Kier alpha value is -2.64. The van der Waals surface area contributed by atoms with Gasteiger partial charge in [0, 0.05) is 20.0 Å². The molecule has 1 aromatic heterocycles. The highest BCUT2D eigenvalue weighted by Crippen LogP contribution is 2.14. The fourth-order valence-electron chi connectivity index (χ4n) is 2.01. The largest absolute Gasteiger partial charge is 0.489 e. The molecule has 2 aromatic rings. The third kappa shape index (κ3) is 5.53. The summed E-state index contributed by atoms with van der Waals surface area (Å²) >= 11 is 0.